The monoisotopic (exact) mass is 485 g/mol. The van der Waals surface area contributed by atoms with Crippen molar-refractivity contribution < 1.29 is 17.9 Å². The summed E-state index contributed by atoms with van der Waals surface area (Å²) in [5, 5.41) is 12.6. The van der Waals surface area contributed by atoms with Gasteiger partial charge in [0.05, 0.1) is 46.1 Å². The Balaban J connectivity index is 1.53. The summed E-state index contributed by atoms with van der Waals surface area (Å²) in [6, 6.07) is 13.8. The lowest BCUT2D eigenvalue weighted by molar-refractivity contribution is -0.113. The van der Waals surface area contributed by atoms with E-state index in [2.05, 4.69) is 16.4 Å². The third kappa shape index (κ3) is 4.89. The van der Waals surface area contributed by atoms with E-state index in [0.29, 0.717) is 54.8 Å². The highest BCUT2D eigenvalue weighted by Crippen LogP contribution is 2.28. The molecule has 1 aliphatic rings. The number of carbonyl (C=O) groups is 1. The second-order valence-corrected chi connectivity index (χ2v) is 10.2. The number of nitriles is 1. The Kier molecular flexibility index (Phi) is 6.99. The molecule has 3 aromatic rings. The Labute approximate surface area is 196 Å². The number of sulfonamides is 1. The first kappa shape index (κ1) is 23.3. The molecule has 9 nitrogen and oxygen atoms in total. The molecule has 33 heavy (non-hydrogen) atoms. The van der Waals surface area contributed by atoms with Crippen LogP contribution in [0.25, 0.3) is 11.0 Å². The number of aryl methyl sites for hydroxylation is 1. The molecule has 172 valence electrons. The van der Waals surface area contributed by atoms with Crippen molar-refractivity contribution in [2.45, 2.75) is 23.5 Å². The van der Waals surface area contributed by atoms with Crippen LogP contribution in [-0.2, 0) is 26.1 Å². The Morgan fingerprint density at radius 2 is 2.00 bits per heavy atom. The van der Waals surface area contributed by atoms with Crippen molar-refractivity contribution in [3.8, 4) is 6.07 Å². The number of ether oxygens (including phenoxy) is 1. The number of morpholine rings is 1. The van der Waals surface area contributed by atoms with Crippen LogP contribution >= 0.6 is 11.8 Å². The predicted molar refractivity (Wildman–Crippen MR) is 125 cm³/mol. The maximum Gasteiger partial charge on any atom is 0.243 e. The maximum absolute atomic E-state index is 13.0. The first-order valence-corrected chi connectivity index (χ1v) is 12.9. The van der Waals surface area contributed by atoms with E-state index >= 15 is 0 Å². The molecule has 1 aliphatic heterocycles. The van der Waals surface area contributed by atoms with Gasteiger partial charge in [0.1, 0.15) is 6.07 Å². The topological polar surface area (TPSA) is 117 Å². The summed E-state index contributed by atoms with van der Waals surface area (Å²) in [5.74, 6) is -0.157. The minimum Gasteiger partial charge on any atom is -0.379 e. The lowest BCUT2D eigenvalue weighted by Gasteiger charge is -2.26. The van der Waals surface area contributed by atoms with Gasteiger partial charge in [-0.05, 0) is 37.3 Å². The first-order chi connectivity index (χ1) is 15.9. The van der Waals surface area contributed by atoms with E-state index in [1.807, 2.05) is 11.5 Å². The summed E-state index contributed by atoms with van der Waals surface area (Å²) >= 11 is 1.26. The molecule has 4 rings (SSSR count). The summed E-state index contributed by atoms with van der Waals surface area (Å²) in [7, 11) is -3.62. The largest absolute Gasteiger partial charge is 0.379 e. The highest BCUT2D eigenvalue weighted by atomic mass is 32.2. The zero-order chi connectivity index (χ0) is 23.4. The van der Waals surface area contributed by atoms with Crippen LogP contribution < -0.4 is 5.32 Å². The average molecular weight is 486 g/mol. The number of para-hydroxylation sites is 1. The minimum atomic E-state index is -3.62. The van der Waals surface area contributed by atoms with Gasteiger partial charge >= 0.3 is 0 Å². The van der Waals surface area contributed by atoms with Crippen LogP contribution in [0, 0.1) is 11.3 Å². The predicted octanol–water partition coefficient (Wildman–Crippen LogP) is 2.68. The lowest BCUT2D eigenvalue weighted by Crippen LogP contribution is -2.40. The van der Waals surface area contributed by atoms with Crippen molar-refractivity contribution in [2.75, 3.05) is 37.4 Å². The normalized spacial score (nSPS) is 14.8. The zero-order valence-corrected chi connectivity index (χ0v) is 19.7. The van der Waals surface area contributed by atoms with Crippen molar-refractivity contribution in [3.63, 3.8) is 0 Å². The number of carbonyl (C=O) groups excluding carboxylic acids is 1. The fourth-order valence-electron chi connectivity index (χ4n) is 3.61. The summed E-state index contributed by atoms with van der Waals surface area (Å²) in [5.41, 5.74) is 2.22. The van der Waals surface area contributed by atoms with Crippen LogP contribution in [0.3, 0.4) is 0 Å². The van der Waals surface area contributed by atoms with Crippen LogP contribution in [0.15, 0.2) is 52.5 Å². The molecule has 2 heterocycles. The van der Waals surface area contributed by atoms with Crippen molar-refractivity contribution >= 4 is 44.4 Å². The maximum atomic E-state index is 13.0. The van der Waals surface area contributed by atoms with E-state index in [1.54, 1.807) is 42.5 Å². The molecule has 0 unspecified atom stereocenters. The fourth-order valence-corrected chi connectivity index (χ4v) is 5.91. The highest BCUT2D eigenvalue weighted by molar-refractivity contribution is 7.99. The first-order valence-electron chi connectivity index (χ1n) is 10.4. The van der Waals surface area contributed by atoms with Crippen LogP contribution in [0.4, 0.5) is 5.69 Å². The Morgan fingerprint density at radius 3 is 2.73 bits per heavy atom. The molecule has 0 radical (unpaired) electrons. The van der Waals surface area contributed by atoms with Gasteiger partial charge < -0.3 is 14.6 Å². The fraction of sp³-hybridized carbons (Fsp3) is 0.318. The van der Waals surface area contributed by atoms with E-state index in [9.17, 15) is 18.5 Å². The van der Waals surface area contributed by atoms with E-state index in [1.165, 1.54) is 16.1 Å². The van der Waals surface area contributed by atoms with Gasteiger partial charge in [-0.25, -0.2) is 13.4 Å². The Morgan fingerprint density at radius 1 is 1.24 bits per heavy atom. The number of anilines is 1. The van der Waals surface area contributed by atoms with Crippen LogP contribution in [-0.4, -0.2) is 60.2 Å². The molecule has 1 N–H and O–H groups in total. The second kappa shape index (κ2) is 9.93. The second-order valence-electron chi connectivity index (χ2n) is 7.30. The van der Waals surface area contributed by atoms with Gasteiger partial charge in [-0.1, -0.05) is 23.9 Å². The van der Waals surface area contributed by atoms with Gasteiger partial charge in [-0.2, -0.15) is 9.57 Å². The summed E-state index contributed by atoms with van der Waals surface area (Å²) in [6.45, 7) is 4.01. The molecule has 0 atom stereocenters. The smallest absolute Gasteiger partial charge is 0.243 e. The summed E-state index contributed by atoms with van der Waals surface area (Å²) < 4.78 is 34.6. The Bertz CT molecular complexity index is 1320. The van der Waals surface area contributed by atoms with E-state index in [-0.39, 0.29) is 16.6 Å². The van der Waals surface area contributed by atoms with Crippen LogP contribution in [0.2, 0.25) is 0 Å². The minimum absolute atomic E-state index is 0.0992. The molecule has 11 heteroatoms. The number of hydrogen-bond acceptors (Lipinski definition) is 7. The molecule has 0 bridgehead atoms. The van der Waals surface area contributed by atoms with Crippen molar-refractivity contribution in [3.05, 3.63) is 48.0 Å². The SMILES string of the molecule is CCn1c(SCC(=O)Nc2ccccc2C#N)nc2cc(S(=O)(=O)N3CCOCC3)ccc21. The molecule has 0 spiro atoms. The molecule has 1 amide bonds. The molecule has 0 saturated carbocycles. The summed E-state index contributed by atoms with van der Waals surface area (Å²) in [6.07, 6.45) is 0. The number of rotatable bonds is 7. The quantitative estimate of drug-likeness (QED) is 0.511. The number of nitrogens with zero attached hydrogens (tertiary/aromatic N) is 4. The van der Waals surface area contributed by atoms with Gasteiger partial charge in [-0.3, -0.25) is 4.79 Å². The van der Waals surface area contributed by atoms with E-state index in [4.69, 9.17) is 4.74 Å². The third-order valence-electron chi connectivity index (χ3n) is 5.26. The molecule has 0 aliphatic carbocycles. The molecule has 1 saturated heterocycles. The number of fused-ring (bicyclic) bond motifs is 1. The van der Waals surface area contributed by atoms with Gasteiger partial charge in [0.2, 0.25) is 15.9 Å². The number of nitrogens with one attached hydrogen (secondary N) is 1. The number of thioether (sulfide) groups is 1. The Hall–Kier alpha value is -2.91. The van der Waals surface area contributed by atoms with Gasteiger partial charge in [0, 0.05) is 19.6 Å². The van der Waals surface area contributed by atoms with Crippen molar-refractivity contribution in [1.82, 2.24) is 13.9 Å². The average Bonchev–Trinajstić information content (AvgIpc) is 3.20. The van der Waals surface area contributed by atoms with Crippen molar-refractivity contribution in [1.29, 1.82) is 5.26 Å². The lowest BCUT2D eigenvalue weighted by atomic mass is 10.2. The van der Waals surface area contributed by atoms with E-state index in [0.717, 1.165) is 5.52 Å². The number of benzene rings is 2. The van der Waals surface area contributed by atoms with Gasteiger partial charge in [-0.15, -0.1) is 0 Å². The number of aromatic nitrogens is 2. The molecular weight excluding hydrogens is 462 g/mol. The summed E-state index contributed by atoms with van der Waals surface area (Å²) in [4.78, 5) is 17.3. The van der Waals surface area contributed by atoms with E-state index < -0.39 is 10.0 Å². The van der Waals surface area contributed by atoms with Crippen LogP contribution in [0.5, 0.6) is 0 Å². The molecule has 1 aromatic heterocycles. The third-order valence-corrected chi connectivity index (χ3v) is 8.13. The van der Waals surface area contributed by atoms with Gasteiger partial charge in [0.15, 0.2) is 5.16 Å². The van der Waals surface area contributed by atoms with Crippen LogP contribution in [0.1, 0.15) is 12.5 Å². The van der Waals surface area contributed by atoms with Crippen molar-refractivity contribution in [2.24, 2.45) is 0 Å². The zero-order valence-electron chi connectivity index (χ0n) is 18.0. The number of hydrogen-bond donors (Lipinski definition) is 1. The standard InChI is InChI=1S/C22H23N5O4S2/c1-2-27-20-8-7-17(33(29,30)26-9-11-31-12-10-26)13-19(20)25-22(27)32-15-21(28)24-18-6-4-3-5-16(18)14-23/h3-8,13H,2,9-12,15H2,1H3,(H,24,28). The molecular formula is C22H23N5O4S2. The molecule has 2 aromatic carbocycles. The molecule has 1 fully saturated rings. The number of amides is 1. The highest BCUT2D eigenvalue weighted by Gasteiger charge is 2.27. The number of imidazole rings is 1. The van der Waals surface area contributed by atoms with Gasteiger partial charge in [0.25, 0.3) is 0 Å².